The highest BCUT2D eigenvalue weighted by molar-refractivity contribution is 5.12. The third-order valence-electron chi connectivity index (χ3n) is 2.37. The largest absolute Gasteiger partial charge is 0.465 e. The summed E-state index contributed by atoms with van der Waals surface area (Å²) in [5, 5.41) is 7.88. The highest BCUT2D eigenvalue weighted by Crippen LogP contribution is 2.18. The first kappa shape index (κ1) is 10.8. The molecule has 6 heteroatoms. The molecule has 1 unspecified atom stereocenters. The Morgan fingerprint density at radius 1 is 1.56 bits per heavy atom. The summed E-state index contributed by atoms with van der Waals surface area (Å²) in [5.74, 6) is 7.18. The van der Waals surface area contributed by atoms with Crippen molar-refractivity contribution in [2.24, 2.45) is 12.9 Å². The molecule has 6 nitrogen and oxygen atoms in total. The van der Waals surface area contributed by atoms with Crippen LogP contribution < -0.4 is 11.3 Å². The summed E-state index contributed by atoms with van der Waals surface area (Å²) in [4.78, 5) is 0. The van der Waals surface area contributed by atoms with Crippen molar-refractivity contribution in [2.45, 2.75) is 19.4 Å². The minimum atomic E-state index is -0.0783. The van der Waals surface area contributed by atoms with Gasteiger partial charge < -0.3 is 4.42 Å². The number of hydrazine groups is 1. The van der Waals surface area contributed by atoms with Crippen LogP contribution in [0.2, 0.25) is 0 Å². The van der Waals surface area contributed by atoms with Crippen LogP contribution >= 0.6 is 0 Å². The van der Waals surface area contributed by atoms with Gasteiger partial charge in [0.05, 0.1) is 11.7 Å². The molecule has 86 valence electrons. The molecular weight excluding hydrogens is 206 g/mol. The number of nitrogens with two attached hydrogens (primary N) is 1. The third-order valence-corrected chi connectivity index (χ3v) is 2.37. The molecule has 0 spiro atoms. The van der Waals surface area contributed by atoms with E-state index in [1.165, 1.54) is 0 Å². The molecule has 0 aliphatic heterocycles. The fraction of sp³-hybridized carbons (Fsp3) is 0.400. The molecule has 0 radical (unpaired) electrons. The number of furan rings is 1. The molecule has 0 saturated heterocycles. The smallest absolute Gasteiger partial charge is 0.122 e. The normalized spacial score (nSPS) is 12.9. The fourth-order valence-electron chi connectivity index (χ4n) is 1.58. The number of aromatic nitrogens is 3. The van der Waals surface area contributed by atoms with Crippen molar-refractivity contribution in [3.05, 3.63) is 35.5 Å². The second-order valence-electron chi connectivity index (χ2n) is 3.76. The van der Waals surface area contributed by atoms with Gasteiger partial charge in [-0.15, -0.1) is 5.10 Å². The molecule has 0 saturated carbocycles. The first-order chi connectivity index (χ1) is 7.69. The first-order valence-corrected chi connectivity index (χ1v) is 5.06. The molecule has 0 amide bonds. The van der Waals surface area contributed by atoms with E-state index in [9.17, 15) is 0 Å². The zero-order valence-electron chi connectivity index (χ0n) is 9.34. The van der Waals surface area contributed by atoms with Gasteiger partial charge in [-0.1, -0.05) is 5.21 Å². The Balaban J connectivity index is 2.12. The van der Waals surface area contributed by atoms with Crippen LogP contribution in [0.15, 0.2) is 22.7 Å². The van der Waals surface area contributed by atoms with Crippen molar-refractivity contribution in [2.75, 3.05) is 0 Å². The van der Waals surface area contributed by atoms with Gasteiger partial charge in [0.25, 0.3) is 0 Å². The van der Waals surface area contributed by atoms with Gasteiger partial charge in [0.1, 0.15) is 11.5 Å². The number of hydrogen-bond acceptors (Lipinski definition) is 5. The van der Waals surface area contributed by atoms with Crippen molar-refractivity contribution in [3.63, 3.8) is 0 Å². The molecule has 2 rings (SSSR count). The van der Waals surface area contributed by atoms with Crippen LogP contribution in [0, 0.1) is 6.92 Å². The lowest BCUT2D eigenvalue weighted by Gasteiger charge is -2.10. The van der Waals surface area contributed by atoms with Gasteiger partial charge in [-0.3, -0.25) is 10.5 Å². The van der Waals surface area contributed by atoms with E-state index in [1.807, 2.05) is 32.3 Å². The lowest BCUT2D eigenvalue weighted by atomic mass is 10.1. The topological polar surface area (TPSA) is 81.9 Å². The molecule has 0 fully saturated rings. The van der Waals surface area contributed by atoms with Gasteiger partial charge in [-0.25, -0.2) is 5.43 Å². The Kier molecular flexibility index (Phi) is 3.02. The molecule has 2 heterocycles. The molecule has 3 N–H and O–H groups in total. The minimum absolute atomic E-state index is 0.0783. The van der Waals surface area contributed by atoms with Crippen LogP contribution in [0.3, 0.4) is 0 Å². The quantitative estimate of drug-likeness (QED) is 0.579. The van der Waals surface area contributed by atoms with E-state index in [1.54, 1.807) is 4.68 Å². The minimum Gasteiger partial charge on any atom is -0.465 e. The van der Waals surface area contributed by atoms with Crippen LogP contribution in [0.1, 0.15) is 23.3 Å². The molecule has 0 aromatic carbocycles. The maximum absolute atomic E-state index is 5.52. The van der Waals surface area contributed by atoms with E-state index in [0.717, 1.165) is 17.2 Å². The summed E-state index contributed by atoms with van der Waals surface area (Å²) in [6, 6.07) is 3.75. The summed E-state index contributed by atoms with van der Waals surface area (Å²) in [5.41, 5.74) is 3.59. The van der Waals surface area contributed by atoms with Crippen LogP contribution in [0.25, 0.3) is 0 Å². The predicted molar refractivity (Wildman–Crippen MR) is 58.2 cm³/mol. The molecule has 0 bridgehead atoms. The average Bonchev–Trinajstić information content (AvgIpc) is 2.84. The Morgan fingerprint density at radius 3 is 2.88 bits per heavy atom. The Hall–Kier alpha value is -1.66. The van der Waals surface area contributed by atoms with E-state index in [4.69, 9.17) is 10.3 Å². The van der Waals surface area contributed by atoms with E-state index in [-0.39, 0.29) is 6.04 Å². The number of nitrogens with one attached hydrogen (secondary N) is 1. The Labute approximate surface area is 93.4 Å². The molecule has 1 atom stereocenters. The van der Waals surface area contributed by atoms with Crippen LogP contribution in [-0.2, 0) is 13.5 Å². The number of rotatable bonds is 4. The molecular formula is C10H15N5O. The van der Waals surface area contributed by atoms with E-state index >= 15 is 0 Å². The SMILES string of the molecule is Cc1ccc(C(Cc2cn(C)nn2)NN)o1. The van der Waals surface area contributed by atoms with Crippen molar-refractivity contribution >= 4 is 0 Å². The fourth-order valence-corrected chi connectivity index (χ4v) is 1.58. The third kappa shape index (κ3) is 2.29. The average molecular weight is 221 g/mol. The summed E-state index contributed by atoms with van der Waals surface area (Å²) < 4.78 is 7.18. The zero-order valence-corrected chi connectivity index (χ0v) is 9.34. The second kappa shape index (κ2) is 4.46. The molecule has 2 aromatic rings. The molecule has 0 aliphatic rings. The van der Waals surface area contributed by atoms with Crippen molar-refractivity contribution < 1.29 is 4.42 Å². The maximum atomic E-state index is 5.52. The zero-order chi connectivity index (χ0) is 11.5. The standard InChI is InChI=1S/C10H15N5O/c1-7-3-4-10(16-7)9(12-11)5-8-6-15(2)14-13-8/h3-4,6,9,12H,5,11H2,1-2H3. The van der Waals surface area contributed by atoms with E-state index < -0.39 is 0 Å². The lowest BCUT2D eigenvalue weighted by Crippen LogP contribution is -2.29. The second-order valence-corrected chi connectivity index (χ2v) is 3.76. The Bertz CT molecular complexity index is 461. The van der Waals surface area contributed by atoms with Gasteiger partial charge in [0.15, 0.2) is 0 Å². The summed E-state index contributed by atoms with van der Waals surface area (Å²) in [7, 11) is 1.83. The summed E-state index contributed by atoms with van der Waals surface area (Å²) >= 11 is 0. The molecule has 0 aliphatic carbocycles. The van der Waals surface area contributed by atoms with Crippen molar-refractivity contribution in [1.29, 1.82) is 0 Å². The molecule has 2 aromatic heterocycles. The van der Waals surface area contributed by atoms with Crippen LogP contribution in [0.4, 0.5) is 0 Å². The number of hydrogen-bond donors (Lipinski definition) is 2. The highest BCUT2D eigenvalue weighted by atomic mass is 16.3. The monoisotopic (exact) mass is 221 g/mol. The van der Waals surface area contributed by atoms with Crippen LogP contribution in [0.5, 0.6) is 0 Å². The number of nitrogens with zero attached hydrogens (tertiary/aromatic N) is 3. The summed E-state index contributed by atoms with van der Waals surface area (Å²) in [6.45, 7) is 1.90. The maximum Gasteiger partial charge on any atom is 0.122 e. The number of aryl methyl sites for hydroxylation is 2. The van der Waals surface area contributed by atoms with E-state index in [0.29, 0.717) is 6.42 Å². The van der Waals surface area contributed by atoms with Gasteiger partial charge in [0.2, 0.25) is 0 Å². The molecule has 16 heavy (non-hydrogen) atoms. The Morgan fingerprint density at radius 2 is 2.38 bits per heavy atom. The van der Waals surface area contributed by atoms with Crippen molar-refractivity contribution in [3.8, 4) is 0 Å². The van der Waals surface area contributed by atoms with Gasteiger partial charge in [0, 0.05) is 19.7 Å². The first-order valence-electron chi connectivity index (χ1n) is 5.06. The van der Waals surface area contributed by atoms with Gasteiger partial charge in [-0.05, 0) is 19.1 Å². The summed E-state index contributed by atoms with van der Waals surface area (Å²) in [6.07, 6.45) is 2.51. The van der Waals surface area contributed by atoms with E-state index in [2.05, 4.69) is 15.7 Å². The van der Waals surface area contributed by atoms with Crippen LogP contribution in [-0.4, -0.2) is 15.0 Å². The highest BCUT2D eigenvalue weighted by Gasteiger charge is 2.15. The predicted octanol–water partition coefficient (Wildman–Crippen LogP) is 0.464. The van der Waals surface area contributed by atoms with Gasteiger partial charge in [-0.2, -0.15) is 0 Å². The van der Waals surface area contributed by atoms with Gasteiger partial charge >= 0.3 is 0 Å². The van der Waals surface area contributed by atoms with Crippen molar-refractivity contribution in [1.82, 2.24) is 20.4 Å². The lowest BCUT2D eigenvalue weighted by molar-refractivity contribution is 0.401.